The molecule has 0 bridgehead atoms. The van der Waals surface area contributed by atoms with E-state index < -0.39 is 0 Å². The molecule has 2 fully saturated rings. The van der Waals surface area contributed by atoms with Crippen LogP contribution < -0.4 is 0 Å². The normalized spacial score (nSPS) is 26.8. The van der Waals surface area contributed by atoms with Gasteiger partial charge in [0.25, 0.3) is 0 Å². The molecule has 1 aliphatic heterocycles. The first-order valence-electron chi connectivity index (χ1n) is 7.08. The Morgan fingerprint density at radius 1 is 0.733 bits per heavy atom. The topological polar surface area (TPSA) is 9.23 Å². The standard InChI is InChI=1S/C8H14O.3C2H6/c1-2-4-8-7(3-1)5-6-9-8;3*1-2/h7-8H,1-6H2;3*1-2H3. The van der Waals surface area contributed by atoms with E-state index in [4.69, 9.17) is 4.74 Å². The van der Waals surface area contributed by atoms with E-state index in [0.717, 1.165) is 12.5 Å². The highest BCUT2D eigenvalue weighted by Crippen LogP contribution is 2.33. The zero-order valence-electron chi connectivity index (χ0n) is 11.8. The van der Waals surface area contributed by atoms with Crippen LogP contribution in [-0.2, 0) is 4.74 Å². The maximum absolute atomic E-state index is 5.56. The van der Waals surface area contributed by atoms with Gasteiger partial charge in [0, 0.05) is 6.61 Å². The Kier molecular flexibility index (Phi) is 16.2. The van der Waals surface area contributed by atoms with Crippen molar-refractivity contribution in [1.29, 1.82) is 0 Å². The molecule has 1 heterocycles. The van der Waals surface area contributed by atoms with Gasteiger partial charge in [-0.25, -0.2) is 0 Å². The van der Waals surface area contributed by atoms with Crippen LogP contribution in [0, 0.1) is 5.92 Å². The van der Waals surface area contributed by atoms with E-state index in [1.807, 2.05) is 41.5 Å². The van der Waals surface area contributed by atoms with Crippen molar-refractivity contribution in [3.63, 3.8) is 0 Å². The molecule has 1 saturated heterocycles. The number of rotatable bonds is 0. The molecular weight excluding hydrogens is 184 g/mol. The van der Waals surface area contributed by atoms with Gasteiger partial charge in [-0.05, 0) is 25.2 Å². The molecule has 94 valence electrons. The van der Waals surface area contributed by atoms with E-state index >= 15 is 0 Å². The second-order valence-corrected chi connectivity index (χ2v) is 3.24. The van der Waals surface area contributed by atoms with Gasteiger partial charge in [-0.3, -0.25) is 0 Å². The molecule has 2 rings (SSSR count). The third kappa shape index (κ3) is 6.94. The molecule has 2 atom stereocenters. The minimum Gasteiger partial charge on any atom is -0.378 e. The van der Waals surface area contributed by atoms with Gasteiger partial charge < -0.3 is 4.74 Å². The third-order valence-corrected chi connectivity index (χ3v) is 2.66. The van der Waals surface area contributed by atoms with Crippen LogP contribution in [0.25, 0.3) is 0 Å². The summed E-state index contributed by atoms with van der Waals surface area (Å²) in [5.74, 6) is 0.943. The van der Waals surface area contributed by atoms with Gasteiger partial charge in [0.2, 0.25) is 0 Å². The number of fused-ring (bicyclic) bond motifs is 1. The minimum atomic E-state index is 0.666. The van der Waals surface area contributed by atoms with Gasteiger partial charge in [0.1, 0.15) is 0 Å². The molecule has 1 heteroatoms. The van der Waals surface area contributed by atoms with E-state index in [-0.39, 0.29) is 0 Å². The largest absolute Gasteiger partial charge is 0.378 e. The van der Waals surface area contributed by atoms with Crippen LogP contribution >= 0.6 is 0 Å². The molecule has 0 N–H and O–H groups in total. The van der Waals surface area contributed by atoms with Crippen molar-refractivity contribution >= 4 is 0 Å². The smallest absolute Gasteiger partial charge is 0.0604 e. The van der Waals surface area contributed by atoms with E-state index in [0.29, 0.717) is 6.10 Å². The molecule has 0 spiro atoms. The summed E-state index contributed by atoms with van der Waals surface area (Å²) in [6.45, 7) is 13.0. The molecular formula is C14H32O. The first-order valence-corrected chi connectivity index (χ1v) is 7.08. The van der Waals surface area contributed by atoms with Gasteiger partial charge in [-0.2, -0.15) is 0 Å². The lowest BCUT2D eigenvalue weighted by Gasteiger charge is -2.22. The summed E-state index contributed by atoms with van der Waals surface area (Å²) >= 11 is 0. The van der Waals surface area contributed by atoms with Gasteiger partial charge in [-0.1, -0.05) is 54.4 Å². The van der Waals surface area contributed by atoms with E-state index in [1.54, 1.807) is 0 Å². The van der Waals surface area contributed by atoms with Crippen LogP contribution in [-0.4, -0.2) is 12.7 Å². The molecule has 0 amide bonds. The number of hydrogen-bond acceptors (Lipinski definition) is 1. The second-order valence-electron chi connectivity index (χ2n) is 3.24. The van der Waals surface area contributed by atoms with Crippen LogP contribution in [0.2, 0.25) is 0 Å². The van der Waals surface area contributed by atoms with Crippen molar-refractivity contribution in [3.05, 3.63) is 0 Å². The summed E-state index contributed by atoms with van der Waals surface area (Å²) in [6.07, 6.45) is 7.63. The van der Waals surface area contributed by atoms with Crippen LogP contribution in [0.1, 0.15) is 73.6 Å². The summed E-state index contributed by atoms with van der Waals surface area (Å²) in [5, 5.41) is 0. The SMILES string of the molecule is C1CCC2OCCC2C1.CC.CC.CC. The fourth-order valence-corrected chi connectivity index (χ4v) is 2.09. The molecule has 0 radical (unpaired) electrons. The highest BCUT2D eigenvalue weighted by atomic mass is 16.5. The quantitative estimate of drug-likeness (QED) is 0.551. The highest BCUT2D eigenvalue weighted by molar-refractivity contribution is 4.79. The molecule has 0 aromatic carbocycles. The van der Waals surface area contributed by atoms with Crippen molar-refractivity contribution in [3.8, 4) is 0 Å². The first-order chi connectivity index (χ1) is 7.47. The summed E-state index contributed by atoms with van der Waals surface area (Å²) < 4.78 is 5.56. The summed E-state index contributed by atoms with van der Waals surface area (Å²) in [6, 6.07) is 0. The van der Waals surface area contributed by atoms with Gasteiger partial charge in [-0.15, -0.1) is 0 Å². The Hall–Kier alpha value is -0.0400. The molecule has 2 aliphatic rings. The fourth-order valence-electron chi connectivity index (χ4n) is 2.09. The van der Waals surface area contributed by atoms with Crippen LogP contribution in [0.3, 0.4) is 0 Å². The van der Waals surface area contributed by atoms with Gasteiger partial charge in [0.15, 0.2) is 0 Å². The van der Waals surface area contributed by atoms with E-state index in [1.165, 1.54) is 32.1 Å². The van der Waals surface area contributed by atoms with E-state index in [2.05, 4.69) is 0 Å². The van der Waals surface area contributed by atoms with E-state index in [9.17, 15) is 0 Å². The van der Waals surface area contributed by atoms with Crippen LogP contribution in [0.15, 0.2) is 0 Å². The number of ether oxygens (including phenoxy) is 1. The maximum Gasteiger partial charge on any atom is 0.0604 e. The molecule has 2 unspecified atom stereocenters. The predicted octanol–water partition coefficient (Wildman–Crippen LogP) is 5.04. The van der Waals surface area contributed by atoms with Crippen LogP contribution in [0.4, 0.5) is 0 Å². The average molecular weight is 216 g/mol. The Morgan fingerprint density at radius 2 is 1.27 bits per heavy atom. The highest BCUT2D eigenvalue weighted by Gasteiger charge is 2.29. The monoisotopic (exact) mass is 216 g/mol. The predicted molar refractivity (Wildman–Crippen MR) is 70.4 cm³/mol. The lowest BCUT2D eigenvalue weighted by molar-refractivity contribution is 0.0663. The number of hydrogen-bond donors (Lipinski definition) is 0. The fraction of sp³-hybridized carbons (Fsp3) is 1.00. The van der Waals surface area contributed by atoms with Crippen molar-refractivity contribution in [2.75, 3.05) is 6.61 Å². The minimum absolute atomic E-state index is 0.666. The molecule has 15 heavy (non-hydrogen) atoms. The Balaban J connectivity index is 0. The molecule has 0 aromatic rings. The summed E-state index contributed by atoms with van der Waals surface area (Å²) in [4.78, 5) is 0. The van der Waals surface area contributed by atoms with Crippen LogP contribution in [0.5, 0.6) is 0 Å². The Bertz CT molecular complexity index is 89.5. The van der Waals surface area contributed by atoms with Crippen molar-refractivity contribution in [2.45, 2.75) is 79.8 Å². The lowest BCUT2D eigenvalue weighted by atomic mass is 9.86. The molecule has 1 aliphatic carbocycles. The third-order valence-electron chi connectivity index (χ3n) is 2.66. The van der Waals surface area contributed by atoms with Gasteiger partial charge >= 0.3 is 0 Å². The molecule has 0 aromatic heterocycles. The zero-order chi connectivity index (χ0) is 12.1. The molecule has 1 nitrogen and oxygen atoms in total. The van der Waals surface area contributed by atoms with Crippen molar-refractivity contribution < 1.29 is 4.74 Å². The zero-order valence-corrected chi connectivity index (χ0v) is 11.8. The second kappa shape index (κ2) is 14.0. The van der Waals surface area contributed by atoms with Crippen molar-refractivity contribution in [1.82, 2.24) is 0 Å². The summed E-state index contributed by atoms with van der Waals surface area (Å²) in [5.41, 5.74) is 0. The summed E-state index contributed by atoms with van der Waals surface area (Å²) in [7, 11) is 0. The average Bonchev–Trinajstić information content (AvgIpc) is 2.85. The Morgan fingerprint density at radius 3 is 1.80 bits per heavy atom. The van der Waals surface area contributed by atoms with Crippen molar-refractivity contribution in [2.24, 2.45) is 5.92 Å². The maximum atomic E-state index is 5.56. The van der Waals surface area contributed by atoms with Gasteiger partial charge in [0.05, 0.1) is 6.10 Å². The lowest BCUT2D eigenvalue weighted by Crippen LogP contribution is -2.19. The first kappa shape index (κ1) is 17.4. The molecule has 1 saturated carbocycles. The Labute approximate surface area is 97.6 Å².